The van der Waals surface area contributed by atoms with Gasteiger partial charge in [-0.2, -0.15) is 0 Å². The summed E-state index contributed by atoms with van der Waals surface area (Å²) in [5, 5.41) is 21.7. The van der Waals surface area contributed by atoms with Gasteiger partial charge in [0.25, 0.3) is 0 Å². The molecular weight excluding hydrogens is 274 g/mol. The minimum Gasteiger partial charge on any atom is -0.508 e. The van der Waals surface area contributed by atoms with Gasteiger partial charge in [-0.25, -0.2) is 0 Å². The van der Waals surface area contributed by atoms with Gasteiger partial charge in [0.1, 0.15) is 10.8 Å². The molecule has 0 saturated carbocycles. The molecule has 0 bridgehead atoms. The van der Waals surface area contributed by atoms with E-state index < -0.39 is 0 Å². The normalized spacial score (nSPS) is 10.8. The number of aromatic nitrogens is 2. The van der Waals surface area contributed by atoms with E-state index in [1.807, 2.05) is 26.0 Å². The van der Waals surface area contributed by atoms with E-state index in [1.54, 1.807) is 12.1 Å². The zero-order valence-electron chi connectivity index (χ0n) is 11.5. The third kappa shape index (κ3) is 3.77. The molecule has 1 heterocycles. The lowest BCUT2D eigenvalue weighted by Crippen LogP contribution is -2.12. The van der Waals surface area contributed by atoms with Crippen molar-refractivity contribution >= 4 is 22.4 Å². The molecule has 0 radical (unpaired) electrons. The Morgan fingerprint density at radius 2 is 2.10 bits per heavy atom. The Morgan fingerprint density at radius 3 is 2.75 bits per heavy atom. The zero-order valence-corrected chi connectivity index (χ0v) is 12.3. The molecule has 0 fully saturated rings. The molecule has 2 N–H and O–H groups in total. The van der Waals surface area contributed by atoms with Crippen LogP contribution in [0.3, 0.4) is 0 Å². The maximum absolute atomic E-state index is 11.8. The van der Waals surface area contributed by atoms with Crippen LogP contribution in [0, 0.1) is 0 Å². The number of nitrogens with zero attached hydrogens (tertiary/aromatic N) is 2. The minimum absolute atomic E-state index is 0.125. The highest BCUT2D eigenvalue weighted by atomic mass is 32.1. The number of hydrogen-bond acceptors (Lipinski definition) is 5. The van der Waals surface area contributed by atoms with E-state index in [4.69, 9.17) is 0 Å². The Kier molecular flexibility index (Phi) is 4.68. The van der Waals surface area contributed by atoms with Gasteiger partial charge in [0, 0.05) is 12.3 Å². The summed E-state index contributed by atoms with van der Waals surface area (Å²) in [4.78, 5) is 11.8. The molecule has 106 valence electrons. The maximum Gasteiger partial charge on any atom is 0.226 e. The van der Waals surface area contributed by atoms with Gasteiger partial charge in [0.15, 0.2) is 0 Å². The average Bonchev–Trinajstić information content (AvgIpc) is 2.86. The van der Waals surface area contributed by atoms with Crippen LogP contribution >= 0.6 is 11.3 Å². The molecule has 1 amide bonds. The first kappa shape index (κ1) is 14.5. The number of rotatable bonds is 5. The molecule has 0 spiro atoms. The first-order valence-corrected chi connectivity index (χ1v) is 7.28. The van der Waals surface area contributed by atoms with Crippen molar-refractivity contribution in [3.8, 4) is 5.75 Å². The van der Waals surface area contributed by atoms with Crippen molar-refractivity contribution in [1.82, 2.24) is 10.2 Å². The van der Waals surface area contributed by atoms with Crippen LogP contribution in [0.25, 0.3) is 0 Å². The number of nitrogens with one attached hydrogen (secondary N) is 1. The number of phenolic OH excluding ortho intramolecular Hbond substituents is 1. The number of carbonyl (C=O) groups is 1. The maximum atomic E-state index is 11.8. The topological polar surface area (TPSA) is 75.1 Å². The zero-order chi connectivity index (χ0) is 14.5. The van der Waals surface area contributed by atoms with E-state index in [0.717, 1.165) is 10.6 Å². The van der Waals surface area contributed by atoms with Gasteiger partial charge in [-0.15, -0.1) is 10.2 Å². The fourth-order valence-electron chi connectivity index (χ4n) is 1.67. The predicted octanol–water partition coefficient (Wildman–Crippen LogP) is 2.94. The molecule has 2 aromatic rings. The average molecular weight is 291 g/mol. The lowest BCUT2D eigenvalue weighted by atomic mass is 10.1. The quantitative estimate of drug-likeness (QED) is 0.888. The lowest BCUT2D eigenvalue weighted by Gasteiger charge is -2.03. The third-order valence-electron chi connectivity index (χ3n) is 2.79. The Labute approximate surface area is 121 Å². The summed E-state index contributed by atoms with van der Waals surface area (Å²) in [6.07, 6.45) is 0.794. The fraction of sp³-hybridized carbons (Fsp3) is 0.357. The lowest BCUT2D eigenvalue weighted by molar-refractivity contribution is -0.116. The largest absolute Gasteiger partial charge is 0.508 e. The van der Waals surface area contributed by atoms with Crippen LogP contribution in [0.2, 0.25) is 0 Å². The number of benzene rings is 1. The van der Waals surface area contributed by atoms with Crippen LogP contribution in [0.15, 0.2) is 24.3 Å². The number of para-hydroxylation sites is 1. The van der Waals surface area contributed by atoms with Crippen LogP contribution in [-0.2, 0) is 11.2 Å². The summed E-state index contributed by atoms with van der Waals surface area (Å²) in [5.41, 5.74) is 0.766. The first-order valence-electron chi connectivity index (χ1n) is 6.46. The summed E-state index contributed by atoms with van der Waals surface area (Å²) >= 11 is 1.39. The van der Waals surface area contributed by atoms with Gasteiger partial charge in [-0.05, 0) is 18.1 Å². The summed E-state index contributed by atoms with van der Waals surface area (Å²) in [7, 11) is 0. The van der Waals surface area contributed by atoms with Gasteiger partial charge >= 0.3 is 0 Å². The molecule has 0 aliphatic rings. The minimum atomic E-state index is -0.125. The molecule has 6 heteroatoms. The molecule has 2 rings (SSSR count). The second-order valence-corrected chi connectivity index (χ2v) is 5.79. The van der Waals surface area contributed by atoms with Gasteiger partial charge in [-0.3, -0.25) is 4.79 Å². The molecule has 5 nitrogen and oxygen atoms in total. The van der Waals surface area contributed by atoms with Crippen LogP contribution in [-0.4, -0.2) is 21.2 Å². The smallest absolute Gasteiger partial charge is 0.226 e. The Morgan fingerprint density at radius 1 is 1.35 bits per heavy atom. The van der Waals surface area contributed by atoms with Gasteiger partial charge in [-0.1, -0.05) is 43.4 Å². The Hall–Kier alpha value is -1.95. The molecule has 1 aromatic heterocycles. The number of hydrogen-bond donors (Lipinski definition) is 2. The summed E-state index contributed by atoms with van der Waals surface area (Å²) < 4.78 is 0. The highest BCUT2D eigenvalue weighted by Crippen LogP contribution is 2.23. The van der Waals surface area contributed by atoms with Crippen molar-refractivity contribution in [2.24, 2.45) is 0 Å². The van der Waals surface area contributed by atoms with Gasteiger partial charge < -0.3 is 10.4 Å². The summed E-state index contributed by atoms with van der Waals surface area (Å²) in [6, 6.07) is 7.03. The molecule has 0 aliphatic heterocycles. The number of amides is 1. The van der Waals surface area contributed by atoms with Gasteiger partial charge in [0.05, 0.1) is 0 Å². The van der Waals surface area contributed by atoms with Crippen molar-refractivity contribution in [3.63, 3.8) is 0 Å². The molecule has 0 atom stereocenters. The van der Waals surface area contributed by atoms with Crippen molar-refractivity contribution in [1.29, 1.82) is 0 Å². The second-order valence-electron chi connectivity index (χ2n) is 4.78. The Balaban J connectivity index is 1.88. The number of anilines is 1. The number of carbonyl (C=O) groups excluding carboxylic acids is 1. The molecule has 0 unspecified atom stereocenters. The van der Waals surface area contributed by atoms with E-state index in [1.165, 1.54) is 11.3 Å². The van der Waals surface area contributed by atoms with Crippen LogP contribution in [0.5, 0.6) is 5.75 Å². The standard InChI is InChI=1S/C14H17N3O2S/c1-9(2)13-16-17-14(20-13)15-12(19)8-7-10-5-3-4-6-11(10)18/h3-6,9,18H,7-8H2,1-2H3,(H,15,17,19). The SMILES string of the molecule is CC(C)c1nnc(NC(=O)CCc2ccccc2O)s1. The highest BCUT2D eigenvalue weighted by molar-refractivity contribution is 7.15. The third-order valence-corrected chi connectivity index (χ3v) is 3.93. The van der Waals surface area contributed by atoms with Crippen LogP contribution in [0.1, 0.15) is 36.8 Å². The van der Waals surface area contributed by atoms with E-state index in [0.29, 0.717) is 23.9 Å². The predicted molar refractivity (Wildman–Crippen MR) is 79.1 cm³/mol. The second kappa shape index (κ2) is 6.47. The molecule has 1 aromatic carbocycles. The molecule has 20 heavy (non-hydrogen) atoms. The van der Waals surface area contributed by atoms with Crippen molar-refractivity contribution in [2.75, 3.05) is 5.32 Å². The van der Waals surface area contributed by atoms with Crippen LogP contribution in [0.4, 0.5) is 5.13 Å². The van der Waals surface area contributed by atoms with E-state index >= 15 is 0 Å². The van der Waals surface area contributed by atoms with E-state index in [9.17, 15) is 9.90 Å². The summed E-state index contributed by atoms with van der Waals surface area (Å²) in [6.45, 7) is 4.06. The first-order chi connectivity index (χ1) is 9.56. The molecular formula is C14H17N3O2S. The summed E-state index contributed by atoms with van der Waals surface area (Å²) in [5.74, 6) is 0.400. The number of aryl methyl sites for hydroxylation is 1. The van der Waals surface area contributed by atoms with E-state index in [2.05, 4.69) is 15.5 Å². The highest BCUT2D eigenvalue weighted by Gasteiger charge is 2.11. The Bertz CT molecular complexity index is 596. The van der Waals surface area contributed by atoms with Crippen molar-refractivity contribution < 1.29 is 9.90 Å². The molecule has 0 aliphatic carbocycles. The number of phenols is 1. The van der Waals surface area contributed by atoms with Crippen molar-refractivity contribution in [3.05, 3.63) is 34.8 Å². The monoisotopic (exact) mass is 291 g/mol. The molecule has 0 saturated heterocycles. The van der Waals surface area contributed by atoms with Gasteiger partial charge in [0.2, 0.25) is 11.0 Å². The fourth-order valence-corrected chi connectivity index (χ4v) is 2.43. The van der Waals surface area contributed by atoms with Crippen molar-refractivity contribution in [2.45, 2.75) is 32.6 Å². The van der Waals surface area contributed by atoms with E-state index in [-0.39, 0.29) is 11.7 Å². The van der Waals surface area contributed by atoms with Crippen LogP contribution < -0.4 is 5.32 Å². The number of aromatic hydroxyl groups is 1.